The SMILES string of the molecule is O=C(CCl)Cc1ccc(CBr)c(Cl)c1. The molecule has 0 fully saturated rings. The zero-order valence-electron chi connectivity index (χ0n) is 7.40. The van der Waals surface area contributed by atoms with E-state index in [-0.39, 0.29) is 11.7 Å². The Balaban J connectivity index is 2.81. The summed E-state index contributed by atoms with van der Waals surface area (Å²) in [5.41, 5.74) is 1.93. The van der Waals surface area contributed by atoms with Gasteiger partial charge in [-0.2, -0.15) is 0 Å². The fourth-order valence-electron chi connectivity index (χ4n) is 1.08. The van der Waals surface area contributed by atoms with Crippen LogP contribution in [0.5, 0.6) is 0 Å². The van der Waals surface area contributed by atoms with Gasteiger partial charge in [0.2, 0.25) is 0 Å². The van der Waals surface area contributed by atoms with Gasteiger partial charge in [0.1, 0.15) is 0 Å². The molecule has 0 aliphatic rings. The minimum Gasteiger partial charge on any atom is -0.298 e. The lowest BCUT2D eigenvalue weighted by Gasteiger charge is -2.03. The maximum atomic E-state index is 11.1. The third-order valence-electron chi connectivity index (χ3n) is 1.81. The first-order valence-electron chi connectivity index (χ1n) is 4.08. The topological polar surface area (TPSA) is 17.1 Å². The van der Waals surface area contributed by atoms with E-state index in [0.29, 0.717) is 11.4 Å². The Morgan fingerprint density at radius 1 is 1.43 bits per heavy atom. The standard InChI is InChI=1S/C10H9BrCl2O/c11-5-8-2-1-7(4-10(8)13)3-9(14)6-12/h1-2,4H,3,5-6H2. The van der Waals surface area contributed by atoms with Crippen molar-refractivity contribution in [3.63, 3.8) is 0 Å². The van der Waals surface area contributed by atoms with Gasteiger partial charge in [0, 0.05) is 16.8 Å². The zero-order chi connectivity index (χ0) is 10.6. The third kappa shape index (κ3) is 3.26. The van der Waals surface area contributed by atoms with Gasteiger partial charge in [0.25, 0.3) is 0 Å². The van der Waals surface area contributed by atoms with E-state index >= 15 is 0 Å². The second-order valence-corrected chi connectivity index (χ2v) is 4.14. The summed E-state index contributed by atoms with van der Waals surface area (Å²) in [6.45, 7) is 0. The van der Waals surface area contributed by atoms with Crippen LogP contribution in [0.3, 0.4) is 0 Å². The fourth-order valence-corrected chi connectivity index (χ4v) is 2.10. The average Bonchev–Trinajstić information content (AvgIpc) is 2.18. The number of carbonyl (C=O) groups excluding carboxylic acids is 1. The Bertz CT molecular complexity index is 339. The first kappa shape index (κ1) is 12.0. The van der Waals surface area contributed by atoms with E-state index in [2.05, 4.69) is 15.9 Å². The van der Waals surface area contributed by atoms with Crippen LogP contribution in [0.15, 0.2) is 18.2 Å². The molecule has 14 heavy (non-hydrogen) atoms. The van der Waals surface area contributed by atoms with Gasteiger partial charge in [-0.15, -0.1) is 11.6 Å². The third-order valence-corrected chi connectivity index (χ3v) is 3.07. The highest BCUT2D eigenvalue weighted by Crippen LogP contribution is 2.20. The number of rotatable bonds is 4. The number of benzene rings is 1. The minimum atomic E-state index is 0.00863. The van der Waals surface area contributed by atoms with Crippen LogP contribution in [0.25, 0.3) is 0 Å². The lowest BCUT2D eigenvalue weighted by atomic mass is 10.1. The van der Waals surface area contributed by atoms with Gasteiger partial charge in [-0.25, -0.2) is 0 Å². The molecule has 0 unspecified atom stereocenters. The number of ketones is 1. The number of hydrogen-bond donors (Lipinski definition) is 0. The van der Waals surface area contributed by atoms with Crippen molar-refractivity contribution in [3.8, 4) is 0 Å². The summed E-state index contributed by atoms with van der Waals surface area (Å²) in [4.78, 5) is 11.1. The Kier molecular flexibility index (Phi) is 4.93. The lowest BCUT2D eigenvalue weighted by molar-refractivity contribution is -0.116. The first-order chi connectivity index (χ1) is 6.67. The molecule has 0 saturated carbocycles. The average molecular weight is 296 g/mol. The summed E-state index contributed by atoms with van der Waals surface area (Å²) in [6, 6.07) is 5.61. The molecule has 0 bridgehead atoms. The first-order valence-corrected chi connectivity index (χ1v) is 6.11. The van der Waals surface area contributed by atoms with Gasteiger partial charge >= 0.3 is 0 Å². The predicted octanol–water partition coefficient (Wildman–Crippen LogP) is 3.59. The Labute approximate surface area is 102 Å². The predicted molar refractivity (Wildman–Crippen MR) is 63.5 cm³/mol. The van der Waals surface area contributed by atoms with E-state index in [1.807, 2.05) is 18.2 Å². The second-order valence-electron chi connectivity index (χ2n) is 2.91. The van der Waals surface area contributed by atoms with Crippen molar-refractivity contribution < 1.29 is 4.79 Å². The molecule has 76 valence electrons. The highest BCUT2D eigenvalue weighted by molar-refractivity contribution is 9.08. The largest absolute Gasteiger partial charge is 0.298 e. The maximum absolute atomic E-state index is 11.1. The maximum Gasteiger partial charge on any atom is 0.151 e. The summed E-state index contributed by atoms with van der Waals surface area (Å²) in [5, 5.41) is 1.40. The molecule has 0 radical (unpaired) electrons. The van der Waals surface area contributed by atoms with Crippen LogP contribution in [-0.2, 0) is 16.5 Å². The van der Waals surface area contributed by atoms with E-state index in [1.54, 1.807) is 0 Å². The normalized spacial score (nSPS) is 10.2. The molecule has 0 N–H and O–H groups in total. The molecular formula is C10H9BrCl2O. The second kappa shape index (κ2) is 5.74. The monoisotopic (exact) mass is 294 g/mol. The fraction of sp³-hybridized carbons (Fsp3) is 0.300. The molecule has 0 aromatic heterocycles. The van der Waals surface area contributed by atoms with E-state index in [4.69, 9.17) is 23.2 Å². The van der Waals surface area contributed by atoms with E-state index in [1.165, 1.54) is 0 Å². The van der Waals surface area contributed by atoms with Crippen molar-refractivity contribution in [2.24, 2.45) is 0 Å². The lowest BCUT2D eigenvalue weighted by Crippen LogP contribution is -2.03. The van der Waals surface area contributed by atoms with E-state index in [0.717, 1.165) is 16.5 Å². The molecule has 1 nitrogen and oxygen atoms in total. The molecule has 1 rings (SSSR count). The van der Waals surface area contributed by atoms with Crippen molar-refractivity contribution in [2.45, 2.75) is 11.8 Å². The van der Waals surface area contributed by atoms with Gasteiger partial charge in [-0.3, -0.25) is 4.79 Å². The van der Waals surface area contributed by atoms with Crippen LogP contribution >= 0.6 is 39.1 Å². The van der Waals surface area contributed by atoms with E-state index in [9.17, 15) is 4.79 Å². The molecular weight excluding hydrogens is 287 g/mol. The van der Waals surface area contributed by atoms with Gasteiger partial charge in [0.15, 0.2) is 5.78 Å². The molecule has 0 aliphatic heterocycles. The molecule has 0 aliphatic carbocycles. The van der Waals surface area contributed by atoms with Crippen LogP contribution in [0.4, 0.5) is 0 Å². The van der Waals surface area contributed by atoms with Crippen molar-refractivity contribution in [1.29, 1.82) is 0 Å². The number of hydrogen-bond acceptors (Lipinski definition) is 1. The number of halogens is 3. The summed E-state index contributed by atoms with van der Waals surface area (Å²) in [7, 11) is 0. The highest BCUT2D eigenvalue weighted by Gasteiger charge is 2.04. The van der Waals surface area contributed by atoms with Crippen molar-refractivity contribution in [3.05, 3.63) is 34.3 Å². The van der Waals surface area contributed by atoms with E-state index < -0.39 is 0 Å². The van der Waals surface area contributed by atoms with Crippen LogP contribution in [-0.4, -0.2) is 11.7 Å². The van der Waals surface area contributed by atoms with Crippen LogP contribution in [0.2, 0.25) is 5.02 Å². The summed E-state index contributed by atoms with van der Waals surface area (Å²) < 4.78 is 0. The van der Waals surface area contributed by atoms with Gasteiger partial charge in [-0.05, 0) is 17.2 Å². The minimum absolute atomic E-state index is 0.00863. The quantitative estimate of drug-likeness (QED) is 0.776. The Morgan fingerprint density at radius 2 is 2.14 bits per heavy atom. The van der Waals surface area contributed by atoms with Gasteiger partial charge in [-0.1, -0.05) is 39.7 Å². The van der Waals surface area contributed by atoms with Gasteiger partial charge in [0.05, 0.1) is 5.88 Å². The van der Waals surface area contributed by atoms with Gasteiger partial charge < -0.3 is 0 Å². The van der Waals surface area contributed by atoms with Crippen LogP contribution in [0, 0.1) is 0 Å². The molecule has 0 amide bonds. The molecule has 0 heterocycles. The van der Waals surface area contributed by atoms with Crippen LogP contribution in [0.1, 0.15) is 11.1 Å². The number of alkyl halides is 2. The number of Topliss-reactive ketones (excluding diaryl/α,β-unsaturated/α-hetero) is 1. The molecule has 0 saturated heterocycles. The number of carbonyl (C=O) groups is 1. The van der Waals surface area contributed by atoms with Crippen molar-refractivity contribution >= 4 is 44.9 Å². The molecule has 0 atom stereocenters. The van der Waals surface area contributed by atoms with Crippen molar-refractivity contribution in [2.75, 3.05) is 5.88 Å². The Hall–Kier alpha value is -0.0500. The molecule has 4 heteroatoms. The highest BCUT2D eigenvalue weighted by atomic mass is 79.9. The molecule has 1 aromatic rings. The summed E-state index contributed by atoms with van der Waals surface area (Å²) in [6.07, 6.45) is 0.353. The van der Waals surface area contributed by atoms with Crippen LogP contribution < -0.4 is 0 Å². The molecule has 0 spiro atoms. The summed E-state index contributed by atoms with van der Waals surface area (Å²) in [5.74, 6) is 0.0620. The summed E-state index contributed by atoms with van der Waals surface area (Å²) >= 11 is 14.7. The zero-order valence-corrected chi connectivity index (χ0v) is 10.5. The molecule has 1 aromatic carbocycles. The smallest absolute Gasteiger partial charge is 0.151 e. The Morgan fingerprint density at radius 3 is 2.64 bits per heavy atom. The van der Waals surface area contributed by atoms with Crippen molar-refractivity contribution in [1.82, 2.24) is 0 Å².